The van der Waals surface area contributed by atoms with Crippen LogP contribution < -0.4 is 15.1 Å². The summed E-state index contributed by atoms with van der Waals surface area (Å²) in [4.78, 5) is 36.2. The van der Waals surface area contributed by atoms with Crippen LogP contribution in [0.4, 0.5) is 15.9 Å². The Morgan fingerprint density at radius 1 is 1.08 bits per heavy atom. The quantitative estimate of drug-likeness (QED) is 0.572. The molecular weight excluding hydrogens is 479 g/mol. The van der Waals surface area contributed by atoms with E-state index in [-0.39, 0.29) is 23.3 Å². The van der Waals surface area contributed by atoms with Crippen molar-refractivity contribution in [2.24, 2.45) is 0 Å². The van der Waals surface area contributed by atoms with Crippen LogP contribution >= 0.6 is 11.3 Å². The van der Waals surface area contributed by atoms with Crippen molar-refractivity contribution in [1.29, 1.82) is 0 Å². The van der Waals surface area contributed by atoms with Crippen LogP contribution in [0.25, 0.3) is 10.4 Å². The van der Waals surface area contributed by atoms with E-state index in [2.05, 4.69) is 10.3 Å². The molecule has 2 aromatic heterocycles. The van der Waals surface area contributed by atoms with Gasteiger partial charge in [0.2, 0.25) is 0 Å². The molecule has 9 heteroatoms. The molecule has 4 heterocycles. The maximum atomic E-state index is 14.7. The number of hydrogen-bond donors (Lipinski definition) is 1. The molecule has 7 nitrogen and oxygen atoms in total. The number of carbonyl (C=O) groups excluding carboxylic acids is 2. The van der Waals surface area contributed by atoms with E-state index in [1.165, 1.54) is 23.5 Å². The average molecular weight is 507 g/mol. The highest BCUT2D eigenvalue weighted by Gasteiger charge is 2.30. The first-order chi connectivity index (χ1) is 17.6. The lowest BCUT2D eigenvalue weighted by Crippen LogP contribution is -2.34. The van der Waals surface area contributed by atoms with Gasteiger partial charge >= 0.3 is 0 Å². The molecule has 36 heavy (non-hydrogen) atoms. The number of anilines is 2. The van der Waals surface area contributed by atoms with E-state index >= 15 is 0 Å². The molecule has 1 saturated heterocycles. The van der Waals surface area contributed by atoms with Crippen molar-refractivity contribution in [3.05, 3.63) is 64.4 Å². The number of ether oxygens (including phenoxy) is 1. The highest BCUT2D eigenvalue weighted by Crippen LogP contribution is 2.42. The number of aromatic nitrogens is 1. The molecule has 3 aromatic rings. The van der Waals surface area contributed by atoms with Gasteiger partial charge in [0.25, 0.3) is 11.8 Å². The lowest BCUT2D eigenvalue weighted by molar-refractivity contribution is 0.0952. The number of thiophene rings is 1. The van der Waals surface area contributed by atoms with Gasteiger partial charge in [0.15, 0.2) is 11.6 Å². The number of para-hydroxylation sites is 1. The molecule has 0 unspecified atom stereocenters. The zero-order valence-corrected chi connectivity index (χ0v) is 20.7. The summed E-state index contributed by atoms with van der Waals surface area (Å²) in [6.45, 7) is 2.74. The third-order valence-electron chi connectivity index (χ3n) is 6.80. The number of pyridine rings is 1. The van der Waals surface area contributed by atoms with Gasteiger partial charge in [0, 0.05) is 42.7 Å². The van der Waals surface area contributed by atoms with Crippen molar-refractivity contribution in [2.45, 2.75) is 31.7 Å². The smallest absolute Gasteiger partial charge is 0.276 e. The summed E-state index contributed by atoms with van der Waals surface area (Å²) in [5.41, 5.74) is 2.95. The molecule has 3 aliphatic rings. The van der Waals surface area contributed by atoms with E-state index in [0.29, 0.717) is 50.2 Å². The van der Waals surface area contributed by atoms with Crippen LogP contribution in [0.3, 0.4) is 0 Å². The number of amides is 2. The van der Waals surface area contributed by atoms with Crippen molar-refractivity contribution in [3.8, 4) is 10.4 Å². The van der Waals surface area contributed by atoms with Crippen molar-refractivity contribution in [3.63, 3.8) is 0 Å². The minimum atomic E-state index is -0.441. The van der Waals surface area contributed by atoms with Crippen molar-refractivity contribution >= 4 is 34.7 Å². The maximum absolute atomic E-state index is 14.7. The van der Waals surface area contributed by atoms with E-state index in [1.54, 1.807) is 4.90 Å². The SMILES string of the molecule is O=C(NC1CC1)c1cc2c(s1)-c1ccccc1N(C(=O)c1ccc(F)c(N3CCCOCC3)n1)CC2. The van der Waals surface area contributed by atoms with Gasteiger partial charge in [0.1, 0.15) is 5.69 Å². The normalized spacial score (nSPS) is 17.6. The molecule has 2 aliphatic heterocycles. The molecule has 6 rings (SSSR count). The standard InChI is InChI=1S/C27H27FN4O3S/c28-20-8-9-21(30-25(20)31-11-3-14-35-15-13-31)27(34)32-12-10-17-16-23(26(33)29-18-6-7-18)36-24(17)19-4-1-2-5-22(19)32/h1-2,4-5,8-9,16,18H,3,6-7,10-15H2,(H,29,33). The van der Waals surface area contributed by atoms with Gasteiger partial charge in [-0.3, -0.25) is 9.59 Å². The first-order valence-electron chi connectivity index (χ1n) is 12.4. The van der Waals surface area contributed by atoms with E-state index in [9.17, 15) is 14.0 Å². The van der Waals surface area contributed by atoms with E-state index < -0.39 is 5.82 Å². The Bertz CT molecular complexity index is 1310. The summed E-state index contributed by atoms with van der Waals surface area (Å²) in [5, 5.41) is 3.06. The molecule has 2 fully saturated rings. The average Bonchev–Trinajstić information content (AvgIpc) is 3.68. The third-order valence-corrected chi connectivity index (χ3v) is 8.01. The molecule has 1 aliphatic carbocycles. The molecule has 0 radical (unpaired) electrons. The van der Waals surface area contributed by atoms with Gasteiger partial charge in [-0.1, -0.05) is 18.2 Å². The van der Waals surface area contributed by atoms with Gasteiger partial charge in [-0.2, -0.15) is 0 Å². The highest BCUT2D eigenvalue weighted by molar-refractivity contribution is 7.17. The minimum absolute atomic E-state index is 0.0251. The fourth-order valence-electron chi connectivity index (χ4n) is 4.77. The molecule has 0 atom stereocenters. The molecule has 2 amide bonds. The zero-order valence-electron chi connectivity index (χ0n) is 19.8. The Balaban J connectivity index is 1.31. The first kappa shape index (κ1) is 23.1. The number of benzene rings is 1. The number of halogens is 1. The lowest BCUT2D eigenvalue weighted by atomic mass is 10.1. The number of rotatable bonds is 4. The fourth-order valence-corrected chi connectivity index (χ4v) is 5.92. The Hall–Kier alpha value is -3.30. The number of nitrogens with zero attached hydrogens (tertiary/aromatic N) is 3. The molecule has 186 valence electrons. The van der Waals surface area contributed by atoms with E-state index in [4.69, 9.17) is 4.74 Å². The molecule has 0 bridgehead atoms. The van der Waals surface area contributed by atoms with Gasteiger partial charge in [-0.05, 0) is 55.5 Å². The van der Waals surface area contributed by atoms with Crippen molar-refractivity contribution in [1.82, 2.24) is 10.3 Å². The molecule has 1 aromatic carbocycles. The Morgan fingerprint density at radius 2 is 1.94 bits per heavy atom. The number of carbonyl (C=O) groups is 2. The predicted molar refractivity (Wildman–Crippen MR) is 137 cm³/mol. The summed E-state index contributed by atoms with van der Waals surface area (Å²) in [6, 6.07) is 12.8. The maximum Gasteiger partial charge on any atom is 0.276 e. The summed E-state index contributed by atoms with van der Waals surface area (Å²) in [6.07, 6.45) is 3.48. The van der Waals surface area contributed by atoms with Crippen LogP contribution in [0.5, 0.6) is 0 Å². The fraction of sp³-hybridized carbons (Fsp3) is 0.370. The second-order valence-electron chi connectivity index (χ2n) is 9.39. The first-order valence-corrected chi connectivity index (χ1v) is 13.2. The Labute approximate surface area is 212 Å². The second kappa shape index (κ2) is 9.63. The van der Waals surface area contributed by atoms with E-state index in [1.807, 2.05) is 35.2 Å². The molecule has 1 saturated carbocycles. The number of hydrogen-bond acceptors (Lipinski definition) is 6. The largest absolute Gasteiger partial charge is 0.380 e. The van der Waals surface area contributed by atoms with Crippen LogP contribution in [-0.2, 0) is 11.2 Å². The number of nitrogens with one attached hydrogen (secondary N) is 1. The van der Waals surface area contributed by atoms with Gasteiger partial charge in [-0.25, -0.2) is 9.37 Å². The lowest BCUT2D eigenvalue weighted by Gasteiger charge is -2.25. The summed E-state index contributed by atoms with van der Waals surface area (Å²) in [5.74, 6) is -0.539. The zero-order chi connectivity index (χ0) is 24.6. The Morgan fingerprint density at radius 3 is 2.81 bits per heavy atom. The Kier molecular flexibility index (Phi) is 6.18. The van der Waals surface area contributed by atoms with Gasteiger partial charge < -0.3 is 19.9 Å². The topological polar surface area (TPSA) is 74.8 Å². The summed E-state index contributed by atoms with van der Waals surface area (Å²) < 4.78 is 20.2. The summed E-state index contributed by atoms with van der Waals surface area (Å²) in [7, 11) is 0. The van der Waals surface area contributed by atoms with Gasteiger partial charge in [-0.15, -0.1) is 11.3 Å². The predicted octanol–water partition coefficient (Wildman–Crippen LogP) is 4.27. The van der Waals surface area contributed by atoms with Crippen LogP contribution in [0.15, 0.2) is 42.5 Å². The summed E-state index contributed by atoms with van der Waals surface area (Å²) >= 11 is 1.47. The minimum Gasteiger partial charge on any atom is -0.380 e. The van der Waals surface area contributed by atoms with Crippen molar-refractivity contribution in [2.75, 3.05) is 42.6 Å². The van der Waals surface area contributed by atoms with Gasteiger partial charge in [0.05, 0.1) is 17.2 Å². The van der Waals surface area contributed by atoms with Crippen LogP contribution in [0, 0.1) is 5.82 Å². The third kappa shape index (κ3) is 4.49. The van der Waals surface area contributed by atoms with E-state index in [0.717, 1.165) is 41.0 Å². The van der Waals surface area contributed by atoms with Crippen molar-refractivity contribution < 1.29 is 18.7 Å². The van der Waals surface area contributed by atoms with Crippen LogP contribution in [0.2, 0.25) is 0 Å². The second-order valence-corrected chi connectivity index (χ2v) is 10.4. The molecule has 1 N–H and O–H groups in total. The monoisotopic (exact) mass is 506 g/mol. The van der Waals surface area contributed by atoms with Crippen LogP contribution in [-0.4, -0.2) is 55.7 Å². The number of fused-ring (bicyclic) bond motifs is 3. The van der Waals surface area contributed by atoms with Crippen LogP contribution in [0.1, 0.15) is 45.0 Å². The molecular formula is C27H27FN4O3S. The highest BCUT2D eigenvalue weighted by atomic mass is 32.1. The molecule has 0 spiro atoms.